The molecular formula is C17H16ClN3O2. The van der Waals surface area contributed by atoms with Gasteiger partial charge in [-0.05, 0) is 37.3 Å². The van der Waals surface area contributed by atoms with E-state index in [0.717, 1.165) is 11.4 Å². The fourth-order valence-corrected chi connectivity index (χ4v) is 2.88. The van der Waals surface area contributed by atoms with Crippen LogP contribution in [0, 0.1) is 18.3 Å². The number of hydrogen-bond acceptors (Lipinski definition) is 4. The summed E-state index contributed by atoms with van der Waals surface area (Å²) < 4.78 is 5.40. The molecule has 0 radical (unpaired) electrons. The summed E-state index contributed by atoms with van der Waals surface area (Å²) in [6.07, 6.45) is 0. The maximum atomic E-state index is 12.4. The van der Waals surface area contributed by atoms with E-state index < -0.39 is 0 Å². The van der Waals surface area contributed by atoms with E-state index in [-0.39, 0.29) is 5.91 Å². The highest BCUT2D eigenvalue weighted by Gasteiger charge is 2.24. The number of furan rings is 1. The number of anilines is 1. The van der Waals surface area contributed by atoms with Crippen LogP contribution in [0.15, 0.2) is 34.7 Å². The summed E-state index contributed by atoms with van der Waals surface area (Å²) in [4.78, 5) is 16.3. The van der Waals surface area contributed by atoms with Crippen molar-refractivity contribution in [2.45, 2.75) is 6.92 Å². The van der Waals surface area contributed by atoms with Gasteiger partial charge in [-0.25, -0.2) is 0 Å². The first-order valence-electron chi connectivity index (χ1n) is 7.39. The zero-order chi connectivity index (χ0) is 16.4. The Bertz CT molecular complexity index is 770. The molecule has 5 nitrogen and oxygen atoms in total. The average Bonchev–Trinajstić information content (AvgIpc) is 3.01. The molecule has 1 aliphatic heterocycles. The molecule has 2 aromatic rings. The standard InChI is InChI=1S/C17H16ClN3O2/c1-12-2-5-16(23-12)17(22)21-8-6-20(7-9-21)14-4-3-13(11-19)15(18)10-14/h2-5,10H,6-9H2,1H3. The predicted octanol–water partition coefficient (Wildman–Crippen LogP) is 3.08. The van der Waals surface area contributed by atoms with Gasteiger partial charge in [0.25, 0.3) is 5.91 Å². The highest BCUT2D eigenvalue weighted by Crippen LogP contribution is 2.24. The topological polar surface area (TPSA) is 60.5 Å². The number of carbonyl (C=O) groups excluding carboxylic acids is 1. The summed E-state index contributed by atoms with van der Waals surface area (Å²) in [6.45, 7) is 4.50. The van der Waals surface area contributed by atoms with Crippen molar-refractivity contribution in [3.05, 3.63) is 52.4 Å². The lowest BCUT2D eigenvalue weighted by atomic mass is 10.2. The molecule has 0 saturated carbocycles. The van der Waals surface area contributed by atoms with Crippen molar-refractivity contribution in [1.82, 2.24) is 4.90 Å². The minimum Gasteiger partial charge on any atom is -0.456 e. The third kappa shape index (κ3) is 3.17. The van der Waals surface area contributed by atoms with Crippen molar-refractivity contribution < 1.29 is 9.21 Å². The van der Waals surface area contributed by atoms with Gasteiger partial charge in [0.15, 0.2) is 5.76 Å². The fraction of sp³-hybridized carbons (Fsp3) is 0.294. The number of rotatable bonds is 2. The Kier molecular flexibility index (Phi) is 4.26. The van der Waals surface area contributed by atoms with E-state index in [4.69, 9.17) is 21.3 Å². The molecule has 1 aromatic heterocycles. The molecule has 1 aliphatic rings. The second kappa shape index (κ2) is 6.35. The van der Waals surface area contributed by atoms with Crippen LogP contribution < -0.4 is 4.90 Å². The van der Waals surface area contributed by atoms with E-state index >= 15 is 0 Å². The Morgan fingerprint density at radius 2 is 1.96 bits per heavy atom. The molecule has 1 saturated heterocycles. The summed E-state index contributed by atoms with van der Waals surface area (Å²) in [5, 5.41) is 9.38. The van der Waals surface area contributed by atoms with E-state index in [2.05, 4.69) is 11.0 Å². The number of piperazine rings is 1. The van der Waals surface area contributed by atoms with Gasteiger partial charge in [0.2, 0.25) is 0 Å². The number of nitriles is 1. The van der Waals surface area contributed by atoms with E-state index in [9.17, 15) is 4.79 Å². The van der Waals surface area contributed by atoms with Crippen LogP contribution in [-0.2, 0) is 0 Å². The Morgan fingerprint density at radius 3 is 2.52 bits per heavy atom. The Morgan fingerprint density at radius 1 is 1.22 bits per heavy atom. The van der Waals surface area contributed by atoms with Crippen molar-refractivity contribution >= 4 is 23.2 Å². The second-order valence-corrected chi connectivity index (χ2v) is 5.87. The van der Waals surface area contributed by atoms with Gasteiger partial charge >= 0.3 is 0 Å². The van der Waals surface area contributed by atoms with Gasteiger partial charge in [0.1, 0.15) is 11.8 Å². The van der Waals surface area contributed by atoms with Gasteiger partial charge in [-0.15, -0.1) is 0 Å². The van der Waals surface area contributed by atoms with Crippen LogP contribution in [0.25, 0.3) is 0 Å². The monoisotopic (exact) mass is 329 g/mol. The molecule has 2 heterocycles. The van der Waals surface area contributed by atoms with Crippen molar-refractivity contribution in [3.63, 3.8) is 0 Å². The van der Waals surface area contributed by atoms with Gasteiger partial charge in [-0.1, -0.05) is 11.6 Å². The average molecular weight is 330 g/mol. The largest absolute Gasteiger partial charge is 0.456 e. The van der Waals surface area contributed by atoms with Crippen molar-refractivity contribution in [2.24, 2.45) is 0 Å². The van der Waals surface area contributed by atoms with Crippen LogP contribution in [0.2, 0.25) is 5.02 Å². The number of amides is 1. The molecule has 0 N–H and O–H groups in total. The Balaban J connectivity index is 1.65. The highest BCUT2D eigenvalue weighted by molar-refractivity contribution is 6.32. The van der Waals surface area contributed by atoms with E-state index in [1.165, 1.54) is 0 Å². The predicted molar refractivity (Wildman–Crippen MR) is 87.7 cm³/mol. The normalized spacial score (nSPS) is 14.7. The van der Waals surface area contributed by atoms with Crippen LogP contribution in [0.3, 0.4) is 0 Å². The first-order chi connectivity index (χ1) is 11.1. The summed E-state index contributed by atoms with van der Waals surface area (Å²) in [6, 6.07) is 11.0. The van der Waals surface area contributed by atoms with Crippen LogP contribution in [0.5, 0.6) is 0 Å². The summed E-state index contributed by atoms with van der Waals surface area (Å²) in [5.74, 6) is 1.05. The molecule has 1 fully saturated rings. The minimum absolute atomic E-state index is 0.0735. The SMILES string of the molecule is Cc1ccc(C(=O)N2CCN(c3ccc(C#N)c(Cl)c3)CC2)o1. The molecule has 0 spiro atoms. The van der Waals surface area contributed by atoms with E-state index in [1.807, 2.05) is 13.0 Å². The molecule has 1 aromatic carbocycles. The summed E-state index contributed by atoms with van der Waals surface area (Å²) >= 11 is 6.08. The summed E-state index contributed by atoms with van der Waals surface area (Å²) in [5.41, 5.74) is 1.44. The van der Waals surface area contributed by atoms with Crippen molar-refractivity contribution in [1.29, 1.82) is 5.26 Å². The zero-order valence-corrected chi connectivity index (χ0v) is 13.5. The smallest absolute Gasteiger partial charge is 0.289 e. The molecule has 0 bridgehead atoms. The molecule has 0 unspecified atom stereocenters. The molecule has 1 amide bonds. The molecule has 6 heteroatoms. The first kappa shape index (κ1) is 15.4. The number of halogens is 1. The van der Waals surface area contributed by atoms with Gasteiger partial charge in [0.05, 0.1) is 10.6 Å². The molecule has 0 aliphatic carbocycles. The molecule has 23 heavy (non-hydrogen) atoms. The molecule has 118 valence electrons. The quantitative estimate of drug-likeness (QED) is 0.849. The lowest BCUT2D eigenvalue weighted by Crippen LogP contribution is -2.48. The van der Waals surface area contributed by atoms with Gasteiger partial charge < -0.3 is 14.2 Å². The van der Waals surface area contributed by atoms with Crippen LogP contribution in [0.1, 0.15) is 21.9 Å². The number of aryl methyl sites for hydroxylation is 1. The van der Waals surface area contributed by atoms with Crippen LogP contribution in [0.4, 0.5) is 5.69 Å². The zero-order valence-electron chi connectivity index (χ0n) is 12.8. The van der Waals surface area contributed by atoms with E-state index in [1.54, 1.807) is 29.2 Å². The minimum atomic E-state index is -0.0735. The molecular weight excluding hydrogens is 314 g/mol. The highest BCUT2D eigenvalue weighted by atomic mass is 35.5. The van der Waals surface area contributed by atoms with Crippen molar-refractivity contribution in [3.8, 4) is 6.07 Å². The molecule has 0 atom stereocenters. The Labute approximate surface area is 139 Å². The lowest BCUT2D eigenvalue weighted by molar-refractivity contribution is 0.0713. The molecule has 3 rings (SSSR count). The third-order valence-electron chi connectivity index (χ3n) is 3.96. The van der Waals surface area contributed by atoms with Gasteiger partial charge in [-0.2, -0.15) is 5.26 Å². The van der Waals surface area contributed by atoms with Gasteiger partial charge in [-0.3, -0.25) is 4.79 Å². The first-order valence-corrected chi connectivity index (χ1v) is 7.76. The maximum absolute atomic E-state index is 12.4. The van der Waals surface area contributed by atoms with E-state index in [0.29, 0.717) is 42.5 Å². The number of hydrogen-bond donors (Lipinski definition) is 0. The number of nitrogens with zero attached hydrogens (tertiary/aromatic N) is 3. The third-order valence-corrected chi connectivity index (χ3v) is 4.27. The van der Waals surface area contributed by atoms with Crippen LogP contribution in [-0.4, -0.2) is 37.0 Å². The summed E-state index contributed by atoms with van der Waals surface area (Å²) in [7, 11) is 0. The van der Waals surface area contributed by atoms with Crippen molar-refractivity contribution in [2.75, 3.05) is 31.1 Å². The Hall–Kier alpha value is -2.45. The fourth-order valence-electron chi connectivity index (χ4n) is 2.66. The van der Waals surface area contributed by atoms with Gasteiger partial charge in [0, 0.05) is 31.9 Å². The second-order valence-electron chi connectivity index (χ2n) is 5.47. The maximum Gasteiger partial charge on any atom is 0.289 e. The number of carbonyl (C=O) groups is 1. The van der Waals surface area contributed by atoms with Crippen LogP contribution >= 0.6 is 11.6 Å². The lowest BCUT2D eigenvalue weighted by Gasteiger charge is -2.35. The number of benzene rings is 1.